The molecular weight excluding hydrogens is 319 g/mol. The van der Waals surface area contributed by atoms with Gasteiger partial charge in [-0.1, -0.05) is 30.3 Å². The number of carbonyl (C=O) groups is 1. The molecular formula is C20H20FN2O2+. The topological polar surface area (TPSA) is 58.9 Å². The highest BCUT2D eigenvalue weighted by Gasteiger charge is 2.27. The van der Waals surface area contributed by atoms with E-state index in [-0.39, 0.29) is 17.8 Å². The molecule has 25 heavy (non-hydrogen) atoms. The molecule has 4 nitrogen and oxygen atoms in total. The second-order valence-corrected chi connectivity index (χ2v) is 5.88. The van der Waals surface area contributed by atoms with Crippen LogP contribution in [-0.2, 0) is 4.79 Å². The number of quaternary nitrogens is 1. The van der Waals surface area contributed by atoms with Crippen molar-refractivity contribution in [3.05, 3.63) is 90.1 Å². The van der Waals surface area contributed by atoms with E-state index in [0.717, 1.165) is 11.3 Å². The van der Waals surface area contributed by atoms with Gasteiger partial charge in [0.15, 0.2) is 11.8 Å². The number of amides is 1. The fourth-order valence-corrected chi connectivity index (χ4v) is 2.70. The first kappa shape index (κ1) is 16.9. The van der Waals surface area contributed by atoms with Gasteiger partial charge in [0.1, 0.15) is 11.9 Å². The van der Waals surface area contributed by atoms with Crippen molar-refractivity contribution < 1.29 is 18.9 Å². The average molecular weight is 339 g/mol. The van der Waals surface area contributed by atoms with Crippen LogP contribution in [-0.4, -0.2) is 5.91 Å². The monoisotopic (exact) mass is 339 g/mol. The average Bonchev–Trinajstić information content (AvgIpc) is 3.17. The number of furan rings is 1. The quantitative estimate of drug-likeness (QED) is 0.723. The van der Waals surface area contributed by atoms with E-state index in [2.05, 4.69) is 5.32 Å². The number of halogens is 1. The first-order valence-electron chi connectivity index (χ1n) is 8.13. The third-order valence-corrected chi connectivity index (χ3v) is 4.03. The largest absolute Gasteiger partial charge is 0.463 e. The lowest BCUT2D eigenvalue weighted by Gasteiger charge is -2.19. The van der Waals surface area contributed by atoms with Crippen LogP contribution < -0.4 is 10.6 Å². The zero-order chi connectivity index (χ0) is 17.6. The summed E-state index contributed by atoms with van der Waals surface area (Å²) in [5.41, 5.74) is 1.45. The molecule has 0 fully saturated rings. The van der Waals surface area contributed by atoms with Crippen molar-refractivity contribution in [2.45, 2.75) is 19.0 Å². The smallest absolute Gasteiger partial charge is 0.287 e. The third kappa shape index (κ3) is 4.33. The number of nitrogens with two attached hydrogens (primary N) is 1. The molecule has 1 aromatic heterocycles. The molecule has 1 amide bonds. The maximum atomic E-state index is 13.0. The van der Waals surface area contributed by atoms with Crippen LogP contribution in [0.15, 0.2) is 77.4 Å². The molecule has 0 aliphatic heterocycles. The predicted molar refractivity (Wildman–Crippen MR) is 93.3 cm³/mol. The van der Waals surface area contributed by atoms with Gasteiger partial charge in [0, 0.05) is 11.3 Å². The van der Waals surface area contributed by atoms with Crippen molar-refractivity contribution in [2.75, 3.05) is 5.32 Å². The van der Waals surface area contributed by atoms with Gasteiger partial charge in [-0.25, -0.2) is 4.39 Å². The number of nitrogens with one attached hydrogen (secondary N) is 1. The van der Waals surface area contributed by atoms with Crippen LogP contribution in [0.2, 0.25) is 0 Å². The number of anilines is 1. The minimum absolute atomic E-state index is 0.0285. The summed E-state index contributed by atoms with van der Waals surface area (Å²) in [6.45, 7) is 1.99. The number of carbonyl (C=O) groups excluding carboxylic acids is 1. The molecule has 1 heterocycles. The minimum atomic E-state index is -0.452. The molecule has 0 unspecified atom stereocenters. The molecule has 3 rings (SSSR count). The number of hydrogen-bond acceptors (Lipinski definition) is 2. The normalized spacial score (nSPS) is 13.2. The fraction of sp³-hybridized carbons (Fsp3) is 0.150. The molecule has 0 aliphatic rings. The van der Waals surface area contributed by atoms with Crippen LogP contribution in [0, 0.1) is 5.82 Å². The van der Waals surface area contributed by atoms with E-state index >= 15 is 0 Å². The molecule has 0 radical (unpaired) electrons. The predicted octanol–water partition coefficient (Wildman–Crippen LogP) is 3.42. The lowest BCUT2D eigenvalue weighted by molar-refractivity contribution is -0.720. The first-order chi connectivity index (χ1) is 12.1. The highest BCUT2D eigenvalue weighted by atomic mass is 19.1. The molecule has 0 saturated carbocycles. The van der Waals surface area contributed by atoms with Crippen LogP contribution in [0.4, 0.5) is 10.1 Å². The van der Waals surface area contributed by atoms with Crippen molar-refractivity contribution in [1.82, 2.24) is 0 Å². The standard InChI is InChI=1S/C20H19FN2O2/c1-14(18-8-5-13-25-18)22-19(15-6-3-2-4-7-15)20(24)23-17-11-9-16(21)10-12-17/h2-14,19,22H,1H3,(H,23,24)/p+1/t14-,19+/m1/s1. The van der Waals surface area contributed by atoms with Crippen LogP contribution >= 0.6 is 0 Å². The maximum Gasteiger partial charge on any atom is 0.287 e. The van der Waals surface area contributed by atoms with Crippen LogP contribution in [0.25, 0.3) is 0 Å². The fourth-order valence-electron chi connectivity index (χ4n) is 2.70. The van der Waals surface area contributed by atoms with Gasteiger partial charge in [-0.2, -0.15) is 0 Å². The van der Waals surface area contributed by atoms with Crippen LogP contribution in [0.3, 0.4) is 0 Å². The van der Waals surface area contributed by atoms with Gasteiger partial charge in [-0.05, 0) is 43.3 Å². The highest BCUT2D eigenvalue weighted by molar-refractivity contribution is 5.94. The molecule has 3 N–H and O–H groups in total. The number of rotatable bonds is 6. The molecule has 128 valence electrons. The zero-order valence-corrected chi connectivity index (χ0v) is 13.9. The Labute approximate surface area is 145 Å². The second-order valence-electron chi connectivity index (χ2n) is 5.88. The van der Waals surface area contributed by atoms with Crippen molar-refractivity contribution in [3.63, 3.8) is 0 Å². The molecule has 3 aromatic rings. The summed E-state index contributed by atoms with van der Waals surface area (Å²) in [4.78, 5) is 12.8. The Morgan fingerprint density at radius 2 is 1.76 bits per heavy atom. The molecule has 0 spiro atoms. The first-order valence-corrected chi connectivity index (χ1v) is 8.13. The van der Waals surface area contributed by atoms with Crippen LogP contribution in [0.5, 0.6) is 0 Å². The van der Waals surface area contributed by atoms with Gasteiger partial charge in [-0.3, -0.25) is 4.79 Å². The number of hydrogen-bond donors (Lipinski definition) is 2. The summed E-state index contributed by atoms with van der Waals surface area (Å²) in [5.74, 6) is 0.294. The summed E-state index contributed by atoms with van der Waals surface area (Å²) in [6.07, 6.45) is 1.62. The summed E-state index contributed by atoms with van der Waals surface area (Å²) in [5, 5.41) is 4.80. The molecule has 5 heteroatoms. The van der Waals surface area contributed by atoms with E-state index in [1.807, 2.05) is 54.7 Å². The van der Waals surface area contributed by atoms with Crippen LogP contribution in [0.1, 0.15) is 30.3 Å². The van der Waals surface area contributed by atoms with Crippen molar-refractivity contribution in [2.24, 2.45) is 0 Å². The molecule has 0 bridgehead atoms. The molecule has 2 aromatic carbocycles. The van der Waals surface area contributed by atoms with Gasteiger partial charge < -0.3 is 15.1 Å². The van der Waals surface area contributed by atoms with E-state index in [4.69, 9.17) is 4.42 Å². The van der Waals surface area contributed by atoms with E-state index < -0.39 is 6.04 Å². The summed E-state index contributed by atoms with van der Waals surface area (Å²) < 4.78 is 18.5. The van der Waals surface area contributed by atoms with Gasteiger partial charge in [0.25, 0.3) is 5.91 Å². The Morgan fingerprint density at radius 1 is 1.04 bits per heavy atom. The van der Waals surface area contributed by atoms with Gasteiger partial charge in [-0.15, -0.1) is 0 Å². The Balaban J connectivity index is 1.80. The van der Waals surface area contributed by atoms with E-state index in [9.17, 15) is 9.18 Å². The third-order valence-electron chi connectivity index (χ3n) is 4.03. The molecule has 0 aliphatic carbocycles. The lowest BCUT2D eigenvalue weighted by atomic mass is 10.0. The van der Waals surface area contributed by atoms with E-state index in [0.29, 0.717) is 5.69 Å². The molecule has 0 saturated heterocycles. The summed E-state index contributed by atoms with van der Waals surface area (Å²) >= 11 is 0. The number of benzene rings is 2. The van der Waals surface area contributed by atoms with Crippen molar-refractivity contribution in [3.8, 4) is 0 Å². The second kappa shape index (κ2) is 7.77. The van der Waals surface area contributed by atoms with Gasteiger partial charge in [0.05, 0.1) is 6.26 Å². The Morgan fingerprint density at radius 3 is 2.40 bits per heavy atom. The summed E-state index contributed by atoms with van der Waals surface area (Å²) in [7, 11) is 0. The zero-order valence-electron chi connectivity index (χ0n) is 13.9. The lowest BCUT2D eigenvalue weighted by Crippen LogP contribution is -2.87. The van der Waals surface area contributed by atoms with Gasteiger partial charge in [0.2, 0.25) is 0 Å². The minimum Gasteiger partial charge on any atom is -0.463 e. The highest BCUT2D eigenvalue weighted by Crippen LogP contribution is 2.16. The Kier molecular flexibility index (Phi) is 5.26. The van der Waals surface area contributed by atoms with E-state index in [1.165, 1.54) is 12.1 Å². The van der Waals surface area contributed by atoms with Crippen molar-refractivity contribution in [1.29, 1.82) is 0 Å². The Bertz CT molecular complexity index is 801. The summed E-state index contributed by atoms with van der Waals surface area (Å²) in [6, 6.07) is 18.5. The van der Waals surface area contributed by atoms with E-state index in [1.54, 1.807) is 18.4 Å². The Hall–Kier alpha value is -2.92. The van der Waals surface area contributed by atoms with Crippen molar-refractivity contribution >= 4 is 11.6 Å². The van der Waals surface area contributed by atoms with Gasteiger partial charge >= 0.3 is 0 Å². The SMILES string of the molecule is C[C@@H]([NH2+][C@H](C(=O)Nc1ccc(F)cc1)c1ccccc1)c1ccco1. The maximum absolute atomic E-state index is 13.0. The molecule has 2 atom stereocenters.